The average molecular weight is 412 g/mol. The minimum atomic E-state index is -3.63. The smallest absolute Gasteiger partial charge is 0.240 e. The lowest BCUT2D eigenvalue weighted by atomic mass is 10.2. The minimum absolute atomic E-state index is 0.184. The Labute approximate surface area is 163 Å². The van der Waals surface area contributed by atoms with Gasteiger partial charge in [0.05, 0.1) is 30.0 Å². The molecule has 1 saturated heterocycles. The highest BCUT2D eigenvalue weighted by Gasteiger charge is 2.17. The van der Waals surface area contributed by atoms with Crippen LogP contribution in [0, 0.1) is 6.92 Å². The van der Waals surface area contributed by atoms with Gasteiger partial charge in [0.1, 0.15) is 0 Å². The molecule has 27 heavy (non-hydrogen) atoms. The van der Waals surface area contributed by atoms with Gasteiger partial charge < -0.3 is 15.0 Å². The maximum atomic E-state index is 12.4. The second kappa shape index (κ2) is 8.83. The molecule has 1 aromatic heterocycles. The van der Waals surface area contributed by atoms with Crippen LogP contribution in [-0.4, -0.2) is 58.0 Å². The first-order valence-electron chi connectivity index (χ1n) is 8.61. The van der Waals surface area contributed by atoms with Crippen LogP contribution in [0.3, 0.4) is 0 Å². The van der Waals surface area contributed by atoms with Crippen molar-refractivity contribution in [2.45, 2.75) is 11.8 Å². The van der Waals surface area contributed by atoms with Crippen LogP contribution in [0.4, 0.5) is 11.5 Å². The first kappa shape index (κ1) is 19.8. The molecule has 1 fully saturated rings. The summed E-state index contributed by atoms with van der Waals surface area (Å²) in [6, 6.07) is 6.72. The van der Waals surface area contributed by atoms with Gasteiger partial charge in [-0.05, 0) is 24.6 Å². The van der Waals surface area contributed by atoms with Gasteiger partial charge in [-0.15, -0.1) is 5.10 Å². The number of rotatable bonds is 7. The number of hydrogen-bond acceptors (Lipinski definition) is 7. The lowest BCUT2D eigenvalue weighted by Gasteiger charge is -2.28. The summed E-state index contributed by atoms with van der Waals surface area (Å²) < 4.78 is 32.8. The van der Waals surface area contributed by atoms with Crippen molar-refractivity contribution < 1.29 is 13.2 Å². The summed E-state index contributed by atoms with van der Waals surface area (Å²) in [7, 11) is -3.63. The molecule has 0 amide bonds. The molecular weight excluding hydrogens is 390 g/mol. The van der Waals surface area contributed by atoms with Crippen LogP contribution in [0.15, 0.2) is 35.4 Å². The molecule has 0 unspecified atom stereocenters. The predicted octanol–water partition coefficient (Wildman–Crippen LogP) is 1.67. The van der Waals surface area contributed by atoms with Gasteiger partial charge in [0.25, 0.3) is 0 Å². The van der Waals surface area contributed by atoms with Crippen LogP contribution in [0.25, 0.3) is 0 Å². The second-order valence-electron chi connectivity index (χ2n) is 6.09. The SMILES string of the molecule is Cc1c(Cl)cccc1S(=O)(=O)NCCNc1cc(N2CCOCC2)cnn1. The molecule has 146 valence electrons. The number of anilines is 2. The lowest BCUT2D eigenvalue weighted by Crippen LogP contribution is -2.36. The summed E-state index contributed by atoms with van der Waals surface area (Å²) in [5.41, 5.74) is 1.50. The quantitative estimate of drug-likeness (QED) is 0.669. The Balaban J connectivity index is 1.55. The van der Waals surface area contributed by atoms with E-state index in [-0.39, 0.29) is 11.4 Å². The molecule has 2 N–H and O–H groups in total. The van der Waals surface area contributed by atoms with Crippen LogP contribution >= 0.6 is 11.6 Å². The van der Waals surface area contributed by atoms with E-state index in [1.54, 1.807) is 25.3 Å². The number of benzene rings is 1. The Bertz CT molecular complexity index is 888. The first-order chi connectivity index (χ1) is 13.0. The minimum Gasteiger partial charge on any atom is -0.378 e. The third kappa shape index (κ3) is 5.07. The van der Waals surface area contributed by atoms with Crippen molar-refractivity contribution in [2.24, 2.45) is 0 Å². The van der Waals surface area contributed by atoms with Gasteiger partial charge in [-0.1, -0.05) is 17.7 Å². The Kier molecular flexibility index (Phi) is 6.48. The molecule has 1 aromatic carbocycles. The monoisotopic (exact) mass is 411 g/mol. The topological polar surface area (TPSA) is 96.5 Å². The third-order valence-corrected chi connectivity index (χ3v) is 6.26. The van der Waals surface area contributed by atoms with E-state index in [4.69, 9.17) is 16.3 Å². The van der Waals surface area contributed by atoms with Crippen LogP contribution in [0.2, 0.25) is 5.02 Å². The van der Waals surface area contributed by atoms with Crippen molar-refractivity contribution in [3.05, 3.63) is 41.0 Å². The average Bonchev–Trinajstić information content (AvgIpc) is 2.68. The molecule has 1 aliphatic heterocycles. The van der Waals surface area contributed by atoms with Crippen molar-refractivity contribution in [3.63, 3.8) is 0 Å². The van der Waals surface area contributed by atoms with E-state index >= 15 is 0 Å². The van der Waals surface area contributed by atoms with Crippen molar-refractivity contribution in [1.82, 2.24) is 14.9 Å². The first-order valence-corrected chi connectivity index (χ1v) is 10.5. The zero-order valence-corrected chi connectivity index (χ0v) is 16.6. The Morgan fingerprint density at radius 3 is 2.81 bits per heavy atom. The van der Waals surface area contributed by atoms with Crippen molar-refractivity contribution in [1.29, 1.82) is 0 Å². The van der Waals surface area contributed by atoms with Gasteiger partial charge in [-0.2, -0.15) is 5.10 Å². The van der Waals surface area contributed by atoms with Crippen LogP contribution in [0.5, 0.6) is 0 Å². The summed E-state index contributed by atoms with van der Waals surface area (Å²) in [6.45, 7) is 5.26. The van der Waals surface area contributed by atoms with E-state index in [0.717, 1.165) is 18.8 Å². The Morgan fingerprint density at radius 2 is 2.04 bits per heavy atom. The fourth-order valence-electron chi connectivity index (χ4n) is 2.77. The summed E-state index contributed by atoms with van der Waals surface area (Å²) in [6.07, 6.45) is 1.71. The number of nitrogens with one attached hydrogen (secondary N) is 2. The molecule has 2 aromatic rings. The Morgan fingerprint density at radius 1 is 1.26 bits per heavy atom. The second-order valence-corrected chi connectivity index (χ2v) is 8.23. The molecular formula is C17H22ClN5O3S. The summed E-state index contributed by atoms with van der Waals surface area (Å²) in [4.78, 5) is 2.36. The number of nitrogens with zero attached hydrogens (tertiary/aromatic N) is 3. The number of sulfonamides is 1. The maximum absolute atomic E-state index is 12.4. The van der Waals surface area contributed by atoms with E-state index in [1.165, 1.54) is 6.07 Å². The summed E-state index contributed by atoms with van der Waals surface area (Å²) in [5, 5.41) is 11.6. The van der Waals surface area contributed by atoms with Gasteiger partial charge in [0.15, 0.2) is 5.82 Å². The highest BCUT2D eigenvalue weighted by atomic mass is 35.5. The van der Waals surface area contributed by atoms with Gasteiger partial charge in [0, 0.05) is 37.3 Å². The van der Waals surface area contributed by atoms with Gasteiger partial charge in [0.2, 0.25) is 10.0 Å². The van der Waals surface area contributed by atoms with Gasteiger partial charge in [-0.3, -0.25) is 0 Å². The highest BCUT2D eigenvalue weighted by Crippen LogP contribution is 2.22. The Hall–Kier alpha value is -1.94. The molecule has 2 heterocycles. The molecule has 0 atom stereocenters. The molecule has 10 heteroatoms. The van der Waals surface area contributed by atoms with Crippen molar-refractivity contribution >= 4 is 33.1 Å². The van der Waals surface area contributed by atoms with E-state index in [1.807, 2.05) is 6.07 Å². The van der Waals surface area contributed by atoms with E-state index < -0.39 is 10.0 Å². The van der Waals surface area contributed by atoms with Crippen LogP contribution < -0.4 is 14.9 Å². The normalized spacial score (nSPS) is 15.0. The highest BCUT2D eigenvalue weighted by molar-refractivity contribution is 7.89. The zero-order valence-electron chi connectivity index (χ0n) is 15.0. The van der Waals surface area contributed by atoms with Crippen molar-refractivity contribution in [2.75, 3.05) is 49.6 Å². The van der Waals surface area contributed by atoms with E-state index in [0.29, 0.717) is 36.2 Å². The van der Waals surface area contributed by atoms with E-state index in [2.05, 4.69) is 25.1 Å². The molecule has 3 rings (SSSR count). The molecule has 0 saturated carbocycles. The predicted molar refractivity (Wildman–Crippen MR) is 105 cm³/mol. The maximum Gasteiger partial charge on any atom is 0.240 e. The lowest BCUT2D eigenvalue weighted by molar-refractivity contribution is 0.122. The van der Waals surface area contributed by atoms with Crippen molar-refractivity contribution in [3.8, 4) is 0 Å². The number of halogens is 1. The number of morpholine rings is 1. The molecule has 0 spiro atoms. The molecule has 0 radical (unpaired) electrons. The fourth-order valence-corrected chi connectivity index (χ4v) is 4.30. The van der Waals surface area contributed by atoms with Crippen LogP contribution in [-0.2, 0) is 14.8 Å². The molecule has 8 nitrogen and oxygen atoms in total. The number of ether oxygens (including phenoxy) is 1. The summed E-state index contributed by atoms with van der Waals surface area (Å²) >= 11 is 6.01. The van der Waals surface area contributed by atoms with Crippen LogP contribution in [0.1, 0.15) is 5.56 Å². The zero-order chi connectivity index (χ0) is 19.3. The molecule has 0 aliphatic carbocycles. The third-order valence-electron chi connectivity index (χ3n) is 4.25. The molecule has 1 aliphatic rings. The molecule has 0 bridgehead atoms. The van der Waals surface area contributed by atoms with Gasteiger partial charge in [-0.25, -0.2) is 13.1 Å². The van der Waals surface area contributed by atoms with E-state index in [9.17, 15) is 8.42 Å². The fraction of sp³-hybridized carbons (Fsp3) is 0.412. The standard InChI is InChI=1S/C17H22ClN5O3S/c1-13-15(18)3-2-4-16(13)27(24,25)21-6-5-19-17-11-14(12-20-22-17)23-7-9-26-10-8-23/h2-4,11-12,21H,5-10H2,1H3,(H,19,22). The summed E-state index contributed by atoms with van der Waals surface area (Å²) in [5.74, 6) is 0.595. The van der Waals surface area contributed by atoms with Gasteiger partial charge >= 0.3 is 0 Å². The largest absolute Gasteiger partial charge is 0.378 e. The number of hydrogen-bond donors (Lipinski definition) is 2. The number of aromatic nitrogens is 2.